The average molecular weight is 322 g/mol. The topological polar surface area (TPSA) is 72.9 Å². The molecule has 0 aliphatic rings. The van der Waals surface area contributed by atoms with Crippen molar-refractivity contribution in [1.29, 1.82) is 0 Å². The Morgan fingerprint density at radius 2 is 2.12 bits per heavy atom. The summed E-state index contributed by atoms with van der Waals surface area (Å²) < 4.78 is 1.71. The molecule has 2 aromatic carbocycles. The van der Waals surface area contributed by atoms with E-state index in [2.05, 4.69) is 17.3 Å². The highest BCUT2D eigenvalue weighted by atomic mass is 16.2. The van der Waals surface area contributed by atoms with Crippen LogP contribution in [0.3, 0.4) is 0 Å². The van der Waals surface area contributed by atoms with Gasteiger partial charge in [0.2, 0.25) is 5.91 Å². The van der Waals surface area contributed by atoms with Gasteiger partial charge in [-0.2, -0.15) is 5.10 Å². The normalized spacial score (nSPS) is 12.3. The molecule has 124 valence electrons. The third-order valence-electron chi connectivity index (χ3n) is 4.36. The fourth-order valence-electron chi connectivity index (χ4n) is 2.90. The van der Waals surface area contributed by atoms with Crippen molar-refractivity contribution in [3.63, 3.8) is 0 Å². The third kappa shape index (κ3) is 2.85. The molecule has 0 bridgehead atoms. The van der Waals surface area contributed by atoms with Gasteiger partial charge in [-0.05, 0) is 49.6 Å². The van der Waals surface area contributed by atoms with Gasteiger partial charge in [0.25, 0.3) is 0 Å². The van der Waals surface area contributed by atoms with E-state index >= 15 is 0 Å². The van der Waals surface area contributed by atoms with Crippen LogP contribution >= 0.6 is 0 Å². The first-order valence-corrected chi connectivity index (χ1v) is 8.13. The molecule has 5 nitrogen and oxygen atoms in total. The van der Waals surface area contributed by atoms with Crippen molar-refractivity contribution >= 4 is 28.2 Å². The summed E-state index contributed by atoms with van der Waals surface area (Å²) >= 11 is 0. The first-order chi connectivity index (χ1) is 11.5. The minimum absolute atomic E-state index is 0.0913. The van der Waals surface area contributed by atoms with Crippen LogP contribution in [0.2, 0.25) is 0 Å². The number of carbonyl (C=O) groups is 1. The molecule has 0 aliphatic heterocycles. The van der Waals surface area contributed by atoms with Crippen LogP contribution in [0.5, 0.6) is 0 Å². The number of benzene rings is 2. The number of nitrogens with two attached hydrogens (primary N) is 1. The van der Waals surface area contributed by atoms with Gasteiger partial charge < -0.3 is 11.1 Å². The number of para-hydroxylation sites is 1. The smallest absolute Gasteiger partial charge is 0.248 e. The van der Waals surface area contributed by atoms with Gasteiger partial charge in [-0.1, -0.05) is 25.1 Å². The molecule has 1 aromatic heterocycles. The number of nitrogen functional groups attached to an aromatic ring is 1. The van der Waals surface area contributed by atoms with Gasteiger partial charge in [0.05, 0.1) is 11.7 Å². The molecule has 5 heteroatoms. The molecule has 3 aromatic rings. The number of amides is 1. The Kier molecular flexibility index (Phi) is 4.25. The summed E-state index contributed by atoms with van der Waals surface area (Å²) in [6, 6.07) is 11.2. The summed E-state index contributed by atoms with van der Waals surface area (Å²) in [5, 5.41) is 8.40. The molecule has 0 spiro atoms. The summed E-state index contributed by atoms with van der Waals surface area (Å²) in [5.41, 5.74) is 10.5. The van der Waals surface area contributed by atoms with Crippen molar-refractivity contribution < 1.29 is 4.79 Å². The maximum absolute atomic E-state index is 12.8. The first-order valence-electron chi connectivity index (χ1n) is 8.13. The Bertz CT molecular complexity index is 898. The molecule has 0 aliphatic carbocycles. The number of hydrogen-bond acceptors (Lipinski definition) is 3. The minimum Gasteiger partial charge on any atom is -0.399 e. The van der Waals surface area contributed by atoms with Crippen LogP contribution in [0, 0.1) is 6.92 Å². The SMILES string of the molecule is CCc1cccc(C)c1NC(=O)C(C)n1ncc2ccc(N)cc21. The van der Waals surface area contributed by atoms with Crippen LogP contribution in [0.15, 0.2) is 42.6 Å². The molecule has 3 N–H and O–H groups in total. The molecule has 0 radical (unpaired) electrons. The number of rotatable bonds is 4. The van der Waals surface area contributed by atoms with Crippen LogP contribution in [-0.4, -0.2) is 15.7 Å². The molecule has 1 amide bonds. The number of hydrogen-bond donors (Lipinski definition) is 2. The Balaban J connectivity index is 1.91. The molecule has 0 fully saturated rings. The number of anilines is 2. The Morgan fingerprint density at radius 1 is 1.33 bits per heavy atom. The zero-order chi connectivity index (χ0) is 17.3. The van der Waals surface area contributed by atoms with Gasteiger partial charge in [0, 0.05) is 16.8 Å². The van der Waals surface area contributed by atoms with Crippen molar-refractivity contribution in [2.24, 2.45) is 0 Å². The van der Waals surface area contributed by atoms with E-state index in [0.29, 0.717) is 5.69 Å². The lowest BCUT2D eigenvalue weighted by Gasteiger charge is -2.17. The molecule has 0 saturated carbocycles. The number of nitrogens with one attached hydrogen (secondary N) is 1. The Hall–Kier alpha value is -2.82. The minimum atomic E-state index is -0.436. The zero-order valence-electron chi connectivity index (χ0n) is 14.2. The van der Waals surface area contributed by atoms with E-state index in [1.54, 1.807) is 10.9 Å². The molecule has 1 atom stereocenters. The lowest BCUT2D eigenvalue weighted by Crippen LogP contribution is -2.25. The predicted molar refractivity (Wildman–Crippen MR) is 98.0 cm³/mol. The van der Waals surface area contributed by atoms with Crippen LogP contribution in [0.1, 0.15) is 31.0 Å². The quantitative estimate of drug-likeness (QED) is 0.720. The van der Waals surface area contributed by atoms with Crippen molar-refractivity contribution in [2.75, 3.05) is 11.1 Å². The second-order valence-electron chi connectivity index (χ2n) is 6.04. The number of aromatic nitrogens is 2. The number of fused-ring (bicyclic) bond motifs is 1. The van der Waals surface area contributed by atoms with E-state index in [9.17, 15) is 4.79 Å². The molecular weight excluding hydrogens is 300 g/mol. The van der Waals surface area contributed by atoms with E-state index in [1.807, 2.05) is 50.2 Å². The van der Waals surface area contributed by atoms with E-state index in [0.717, 1.165) is 34.1 Å². The monoisotopic (exact) mass is 322 g/mol. The van der Waals surface area contributed by atoms with Crippen molar-refractivity contribution in [2.45, 2.75) is 33.2 Å². The molecule has 3 rings (SSSR count). The number of carbonyl (C=O) groups excluding carboxylic acids is 1. The van der Waals surface area contributed by atoms with Gasteiger partial charge in [-0.3, -0.25) is 9.48 Å². The van der Waals surface area contributed by atoms with Crippen molar-refractivity contribution in [3.05, 3.63) is 53.7 Å². The van der Waals surface area contributed by atoms with Gasteiger partial charge in [0.15, 0.2) is 0 Å². The average Bonchev–Trinajstić information content (AvgIpc) is 2.98. The number of aryl methyl sites for hydroxylation is 2. The largest absolute Gasteiger partial charge is 0.399 e. The highest BCUT2D eigenvalue weighted by Gasteiger charge is 2.19. The van der Waals surface area contributed by atoms with E-state index in [-0.39, 0.29) is 5.91 Å². The van der Waals surface area contributed by atoms with Crippen LogP contribution < -0.4 is 11.1 Å². The van der Waals surface area contributed by atoms with Crippen LogP contribution in [0.25, 0.3) is 10.9 Å². The van der Waals surface area contributed by atoms with Gasteiger partial charge in [-0.25, -0.2) is 0 Å². The summed E-state index contributed by atoms with van der Waals surface area (Å²) in [6.07, 6.45) is 2.62. The highest BCUT2D eigenvalue weighted by molar-refractivity contribution is 5.96. The maximum Gasteiger partial charge on any atom is 0.248 e. The van der Waals surface area contributed by atoms with Gasteiger partial charge in [-0.15, -0.1) is 0 Å². The molecule has 1 heterocycles. The summed E-state index contributed by atoms with van der Waals surface area (Å²) in [7, 11) is 0. The van der Waals surface area contributed by atoms with E-state index < -0.39 is 6.04 Å². The first kappa shape index (κ1) is 16.1. The van der Waals surface area contributed by atoms with Gasteiger partial charge in [0.1, 0.15) is 6.04 Å². The van der Waals surface area contributed by atoms with Crippen molar-refractivity contribution in [3.8, 4) is 0 Å². The fourth-order valence-corrected chi connectivity index (χ4v) is 2.90. The second-order valence-corrected chi connectivity index (χ2v) is 6.04. The van der Waals surface area contributed by atoms with E-state index in [4.69, 9.17) is 5.73 Å². The summed E-state index contributed by atoms with van der Waals surface area (Å²) in [4.78, 5) is 12.8. The van der Waals surface area contributed by atoms with Crippen molar-refractivity contribution in [1.82, 2.24) is 9.78 Å². The zero-order valence-corrected chi connectivity index (χ0v) is 14.2. The Labute approximate surface area is 141 Å². The highest BCUT2D eigenvalue weighted by Crippen LogP contribution is 2.24. The standard InChI is InChI=1S/C19H22N4O/c1-4-14-7-5-6-12(2)18(14)22-19(24)13(3)23-17-10-16(20)9-8-15(17)11-21-23/h5-11,13H,4,20H2,1-3H3,(H,22,24). The number of nitrogens with zero attached hydrogens (tertiary/aromatic N) is 2. The maximum atomic E-state index is 12.8. The predicted octanol–water partition coefficient (Wildman–Crippen LogP) is 3.69. The second kappa shape index (κ2) is 6.35. The summed E-state index contributed by atoms with van der Waals surface area (Å²) in [5.74, 6) is -0.0913. The fraction of sp³-hybridized carbons (Fsp3) is 0.263. The molecule has 0 saturated heterocycles. The lowest BCUT2D eigenvalue weighted by atomic mass is 10.1. The van der Waals surface area contributed by atoms with E-state index in [1.165, 1.54) is 0 Å². The Morgan fingerprint density at radius 3 is 2.88 bits per heavy atom. The molecular formula is C19H22N4O. The van der Waals surface area contributed by atoms with Crippen LogP contribution in [0.4, 0.5) is 11.4 Å². The third-order valence-corrected chi connectivity index (χ3v) is 4.36. The molecule has 24 heavy (non-hydrogen) atoms. The molecule has 1 unspecified atom stereocenters. The summed E-state index contributed by atoms with van der Waals surface area (Å²) in [6.45, 7) is 5.93. The van der Waals surface area contributed by atoms with Crippen LogP contribution in [-0.2, 0) is 11.2 Å². The van der Waals surface area contributed by atoms with Gasteiger partial charge >= 0.3 is 0 Å². The lowest BCUT2D eigenvalue weighted by molar-refractivity contribution is -0.119.